The van der Waals surface area contributed by atoms with Crippen LogP contribution in [0.25, 0.3) is 0 Å². The lowest BCUT2D eigenvalue weighted by molar-refractivity contribution is -0.0675. The molecule has 1 fully saturated rings. The van der Waals surface area contributed by atoms with E-state index in [1.165, 1.54) is 12.1 Å². The number of sulfonamides is 1. The molecule has 3 atom stereocenters. The molecule has 0 heterocycles. The fraction of sp³-hybridized carbons (Fsp3) is 0.455. The zero-order valence-corrected chi connectivity index (χ0v) is 20.3. The molecule has 0 spiro atoms. The van der Waals surface area contributed by atoms with Gasteiger partial charge in [0.1, 0.15) is 5.75 Å². The van der Waals surface area contributed by atoms with Gasteiger partial charge in [-0.25, -0.2) is 13.1 Å². The second kappa shape index (κ2) is 10.5. The average molecular weight is 489 g/mol. The number of methoxy groups -OCH3 is 1. The largest absolute Gasteiger partial charge is 0.497 e. The Kier molecular flexibility index (Phi) is 8.78. The molecule has 172 valence electrons. The maximum atomic E-state index is 12.8. The molecule has 3 rings (SSSR count). The van der Waals surface area contributed by atoms with Gasteiger partial charge in [0.15, 0.2) is 0 Å². The van der Waals surface area contributed by atoms with Crippen molar-refractivity contribution in [2.45, 2.75) is 35.8 Å². The summed E-state index contributed by atoms with van der Waals surface area (Å²) in [4.78, 5) is 2.16. The van der Waals surface area contributed by atoms with Crippen molar-refractivity contribution in [3.63, 3.8) is 0 Å². The lowest BCUT2D eigenvalue weighted by Gasteiger charge is -2.44. The number of halogens is 2. The predicted molar refractivity (Wildman–Crippen MR) is 126 cm³/mol. The molecule has 1 saturated carbocycles. The highest BCUT2D eigenvalue weighted by molar-refractivity contribution is 7.89. The van der Waals surface area contributed by atoms with E-state index in [0.717, 1.165) is 5.56 Å². The number of nitrogens with one attached hydrogen (secondary N) is 1. The molecule has 2 aromatic rings. The second-order valence-corrected chi connectivity index (χ2v) is 10.3. The third-order valence-corrected chi connectivity index (χ3v) is 7.45. The van der Waals surface area contributed by atoms with E-state index in [2.05, 4.69) is 4.72 Å². The van der Waals surface area contributed by atoms with Crippen molar-refractivity contribution in [3.05, 3.63) is 59.1 Å². The first kappa shape index (κ1) is 25.9. The van der Waals surface area contributed by atoms with Crippen LogP contribution in [0.2, 0.25) is 5.02 Å². The van der Waals surface area contributed by atoms with Crippen molar-refractivity contribution in [1.29, 1.82) is 0 Å². The van der Waals surface area contributed by atoms with Gasteiger partial charge < -0.3 is 14.7 Å². The third-order valence-electron chi connectivity index (χ3n) is 5.70. The van der Waals surface area contributed by atoms with E-state index < -0.39 is 15.6 Å². The lowest BCUT2D eigenvalue weighted by Crippen LogP contribution is -2.50. The summed E-state index contributed by atoms with van der Waals surface area (Å²) in [5.74, 6) is 0.536. The summed E-state index contributed by atoms with van der Waals surface area (Å²) in [6, 6.07) is 13.4. The fourth-order valence-electron chi connectivity index (χ4n) is 4.22. The smallest absolute Gasteiger partial charge is 0.240 e. The Morgan fingerprint density at radius 1 is 1.23 bits per heavy atom. The number of nitrogens with zero attached hydrogens (tertiary/aromatic N) is 1. The number of benzene rings is 2. The molecule has 0 radical (unpaired) electrons. The summed E-state index contributed by atoms with van der Waals surface area (Å²) < 4.78 is 33.8. The van der Waals surface area contributed by atoms with E-state index in [1.54, 1.807) is 19.2 Å². The second-order valence-electron chi connectivity index (χ2n) is 8.17. The van der Waals surface area contributed by atoms with Crippen molar-refractivity contribution < 1.29 is 18.3 Å². The standard InChI is InChI=1S/C22H29ClN2O4S.ClH/c1-25(2)15-17-12-19(24-30(27,28)21-9-5-7-18(23)14-21)10-11-22(17,26)16-6-4-8-20(13-16)29-3;/h4-9,13-14,17,19,24,26H,10-12,15H2,1-3H3;1H. The molecule has 2 aromatic carbocycles. The monoisotopic (exact) mass is 488 g/mol. The summed E-state index contributed by atoms with van der Waals surface area (Å²) in [6.07, 6.45) is 1.49. The zero-order chi connectivity index (χ0) is 21.9. The molecule has 0 aliphatic heterocycles. The maximum absolute atomic E-state index is 12.8. The first-order chi connectivity index (χ1) is 14.1. The normalized spacial score (nSPS) is 23.9. The van der Waals surface area contributed by atoms with Crippen LogP contribution in [0.3, 0.4) is 0 Å². The van der Waals surface area contributed by atoms with Gasteiger partial charge in [0.2, 0.25) is 10.0 Å². The zero-order valence-electron chi connectivity index (χ0n) is 17.9. The SMILES string of the molecule is COc1cccc(C2(O)CCC(NS(=O)(=O)c3cccc(Cl)c3)CC2CN(C)C)c1.Cl. The molecule has 1 aliphatic rings. The minimum Gasteiger partial charge on any atom is -0.497 e. The Balaban J connectivity index is 0.00000341. The van der Waals surface area contributed by atoms with Gasteiger partial charge >= 0.3 is 0 Å². The van der Waals surface area contributed by atoms with Crippen LogP contribution in [0.1, 0.15) is 24.8 Å². The Labute approximate surface area is 196 Å². The van der Waals surface area contributed by atoms with Crippen LogP contribution in [0.4, 0.5) is 0 Å². The van der Waals surface area contributed by atoms with E-state index in [0.29, 0.717) is 36.6 Å². The highest BCUT2D eigenvalue weighted by atomic mass is 35.5. The number of hydrogen-bond acceptors (Lipinski definition) is 5. The van der Waals surface area contributed by atoms with Crippen LogP contribution in [0.5, 0.6) is 5.75 Å². The van der Waals surface area contributed by atoms with E-state index >= 15 is 0 Å². The van der Waals surface area contributed by atoms with E-state index in [1.807, 2.05) is 43.3 Å². The summed E-state index contributed by atoms with van der Waals surface area (Å²) in [5, 5.41) is 12.0. The summed E-state index contributed by atoms with van der Waals surface area (Å²) in [5.41, 5.74) is -0.263. The van der Waals surface area contributed by atoms with E-state index in [-0.39, 0.29) is 29.3 Å². The Hall–Kier alpha value is -1.35. The fourth-order valence-corrected chi connectivity index (χ4v) is 5.81. The predicted octanol–water partition coefficient (Wildman–Crippen LogP) is 3.67. The minimum atomic E-state index is -3.70. The van der Waals surface area contributed by atoms with Crippen LogP contribution < -0.4 is 9.46 Å². The van der Waals surface area contributed by atoms with Crippen molar-refractivity contribution >= 4 is 34.0 Å². The van der Waals surface area contributed by atoms with Gasteiger partial charge in [0, 0.05) is 23.5 Å². The number of ether oxygens (including phenoxy) is 1. The van der Waals surface area contributed by atoms with Gasteiger partial charge in [-0.05, 0) is 69.3 Å². The lowest BCUT2D eigenvalue weighted by atomic mass is 9.69. The quantitative estimate of drug-likeness (QED) is 0.621. The first-order valence-corrected chi connectivity index (χ1v) is 11.8. The van der Waals surface area contributed by atoms with E-state index in [4.69, 9.17) is 16.3 Å². The van der Waals surface area contributed by atoms with Crippen molar-refractivity contribution in [2.24, 2.45) is 5.92 Å². The molecule has 0 amide bonds. The van der Waals surface area contributed by atoms with Crippen molar-refractivity contribution in [3.8, 4) is 5.75 Å². The minimum absolute atomic E-state index is 0. The van der Waals surface area contributed by atoms with Gasteiger partial charge in [-0.3, -0.25) is 0 Å². The highest BCUT2D eigenvalue weighted by Gasteiger charge is 2.44. The van der Waals surface area contributed by atoms with Crippen LogP contribution in [0.15, 0.2) is 53.4 Å². The van der Waals surface area contributed by atoms with Crippen LogP contribution >= 0.6 is 24.0 Å². The molecule has 3 unspecified atom stereocenters. The maximum Gasteiger partial charge on any atom is 0.240 e. The molecule has 0 aromatic heterocycles. The van der Waals surface area contributed by atoms with E-state index in [9.17, 15) is 13.5 Å². The van der Waals surface area contributed by atoms with Crippen molar-refractivity contribution in [2.75, 3.05) is 27.7 Å². The highest BCUT2D eigenvalue weighted by Crippen LogP contribution is 2.43. The molecular formula is C22H30Cl2N2O4S. The molecule has 0 saturated heterocycles. The van der Waals surface area contributed by atoms with Gasteiger partial charge in [-0.15, -0.1) is 12.4 Å². The molecule has 31 heavy (non-hydrogen) atoms. The number of rotatable bonds is 7. The van der Waals surface area contributed by atoms with Crippen LogP contribution in [0, 0.1) is 5.92 Å². The van der Waals surface area contributed by atoms with Crippen LogP contribution in [-0.4, -0.2) is 52.2 Å². The van der Waals surface area contributed by atoms with Gasteiger partial charge in [0.25, 0.3) is 0 Å². The molecule has 9 heteroatoms. The number of aliphatic hydroxyl groups is 1. The van der Waals surface area contributed by atoms with Crippen molar-refractivity contribution in [1.82, 2.24) is 9.62 Å². The molecule has 1 aliphatic carbocycles. The molecule has 6 nitrogen and oxygen atoms in total. The third kappa shape index (κ3) is 6.12. The topological polar surface area (TPSA) is 78.9 Å². The van der Waals surface area contributed by atoms with Gasteiger partial charge in [0.05, 0.1) is 17.6 Å². The molecule has 0 bridgehead atoms. The summed E-state index contributed by atoms with van der Waals surface area (Å²) in [6.45, 7) is 0.628. The average Bonchev–Trinajstić information content (AvgIpc) is 2.70. The van der Waals surface area contributed by atoms with Crippen LogP contribution in [-0.2, 0) is 15.6 Å². The first-order valence-electron chi connectivity index (χ1n) is 9.93. The van der Waals surface area contributed by atoms with Gasteiger partial charge in [-0.1, -0.05) is 29.8 Å². The summed E-state index contributed by atoms with van der Waals surface area (Å²) in [7, 11) is 1.80. The van der Waals surface area contributed by atoms with Gasteiger partial charge in [-0.2, -0.15) is 0 Å². The summed E-state index contributed by atoms with van der Waals surface area (Å²) >= 11 is 5.96. The Bertz CT molecular complexity index is 987. The number of hydrogen-bond donors (Lipinski definition) is 2. The Morgan fingerprint density at radius 3 is 2.58 bits per heavy atom. The molecular weight excluding hydrogens is 459 g/mol. The Morgan fingerprint density at radius 2 is 1.94 bits per heavy atom. The molecule has 2 N–H and O–H groups in total.